The average molecular weight is 355 g/mol. The fourth-order valence-corrected chi connectivity index (χ4v) is 4.28. The zero-order chi connectivity index (χ0) is 17.5. The highest BCUT2D eigenvalue weighted by Gasteiger charge is 2.17. The van der Waals surface area contributed by atoms with E-state index in [1.807, 2.05) is 72.8 Å². The van der Waals surface area contributed by atoms with E-state index < -0.39 is 0 Å². The van der Waals surface area contributed by atoms with Crippen LogP contribution in [0.3, 0.4) is 0 Å². The average Bonchev–Trinajstić information content (AvgIpc) is 2.86. The first-order valence-corrected chi connectivity index (χ1v) is 9.10. The molecule has 3 nitrogen and oxygen atoms in total. The van der Waals surface area contributed by atoms with Crippen molar-refractivity contribution in [3.05, 3.63) is 105 Å². The predicted octanol–water partition coefficient (Wildman–Crippen LogP) is 4.01. The van der Waals surface area contributed by atoms with Crippen LogP contribution < -0.4 is 16.2 Å². The maximum Gasteiger partial charge on any atom is 0.346 e. The molecule has 0 aliphatic carbocycles. The van der Waals surface area contributed by atoms with Gasteiger partial charge in [-0.3, -0.25) is 0 Å². The molecule has 26 heavy (non-hydrogen) atoms. The Morgan fingerprint density at radius 2 is 1.54 bits per heavy atom. The number of hydrogen-bond donors (Lipinski definition) is 0. The van der Waals surface area contributed by atoms with Gasteiger partial charge >= 0.3 is 5.63 Å². The molecular weight excluding hydrogens is 342 g/mol. The summed E-state index contributed by atoms with van der Waals surface area (Å²) in [6.45, 7) is 0. The Labute approximate surface area is 153 Å². The molecule has 0 saturated carbocycles. The summed E-state index contributed by atoms with van der Waals surface area (Å²) in [5.74, 6) is 0. The number of hydrogen-bond acceptors (Lipinski definition) is 4. The van der Waals surface area contributed by atoms with Crippen molar-refractivity contribution < 1.29 is 4.42 Å². The molecule has 0 amide bonds. The number of fused-ring (bicyclic) bond motifs is 4. The summed E-state index contributed by atoms with van der Waals surface area (Å²) in [4.78, 5) is 19.7. The molecule has 0 N–H and O–H groups in total. The number of para-hydroxylation sites is 2. The zero-order valence-corrected chi connectivity index (χ0v) is 14.5. The third-order valence-electron chi connectivity index (χ3n) is 4.36. The van der Waals surface area contributed by atoms with Crippen LogP contribution in [0.15, 0.2) is 98.0 Å². The van der Waals surface area contributed by atoms with E-state index in [1.54, 1.807) is 17.8 Å². The van der Waals surface area contributed by atoms with Crippen LogP contribution in [0.25, 0.3) is 15.9 Å². The lowest BCUT2D eigenvalue weighted by Crippen LogP contribution is -2.40. The summed E-state index contributed by atoms with van der Waals surface area (Å²) in [5.41, 5.74) is 2.03. The van der Waals surface area contributed by atoms with E-state index in [9.17, 15) is 4.79 Å². The Bertz CT molecular complexity index is 1320. The number of thioether (sulfide) groups is 1. The largest absolute Gasteiger partial charge is 0.422 e. The highest BCUT2D eigenvalue weighted by Crippen LogP contribution is 2.38. The maximum atomic E-state index is 12.9. The normalized spacial score (nSPS) is 12.8. The first kappa shape index (κ1) is 15.2. The fourth-order valence-electron chi connectivity index (χ4n) is 3.16. The number of rotatable bonds is 1. The zero-order valence-electron chi connectivity index (χ0n) is 13.7. The fraction of sp³-hybridized carbons (Fsp3) is 0. The topological polar surface area (TPSA) is 42.6 Å². The Morgan fingerprint density at radius 3 is 2.42 bits per heavy atom. The van der Waals surface area contributed by atoms with E-state index >= 15 is 0 Å². The molecule has 2 heterocycles. The van der Waals surface area contributed by atoms with Crippen LogP contribution in [-0.4, -0.2) is 0 Å². The molecule has 1 aliphatic heterocycles. The van der Waals surface area contributed by atoms with Crippen molar-refractivity contribution in [3.63, 3.8) is 0 Å². The van der Waals surface area contributed by atoms with Crippen LogP contribution in [0.2, 0.25) is 0 Å². The van der Waals surface area contributed by atoms with E-state index in [0.29, 0.717) is 16.2 Å². The molecule has 5 rings (SSSR count). The second kappa shape index (κ2) is 6.00. The second-order valence-electron chi connectivity index (χ2n) is 5.99. The minimum absolute atomic E-state index is 0.360. The Kier molecular flexibility index (Phi) is 3.50. The van der Waals surface area contributed by atoms with Crippen molar-refractivity contribution in [2.24, 2.45) is 4.99 Å². The molecule has 0 unspecified atom stereocenters. The van der Waals surface area contributed by atoms with Crippen LogP contribution in [-0.2, 0) is 0 Å². The lowest BCUT2D eigenvalue weighted by molar-refractivity contribution is 0.552. The molecule has 0 bridgehead atoms. The summed E-state index contributed by atoms with van der Waals surface area (Å²) < 4.78 is 5.62. The molecule has 0 atom stereocenters. The van der Waals surface area contributed by atoms with Crippen molar-refractivity contribution in [3.8, 4) is 0 Å². The summed E-state index contributed by atoms with van der Waals surface area (Å²) in [6, 6.07) is 25.4. The van der Waals surface area contributed by atoms with Crippen molar-refractivity contribution >= 4 is 33.3 Å². The summed E-state index contributed by atoms with van der Waals surface area (Å²) in [7, 11) is 0. The van der Waals surface area contributed by atoms with Gasteiger partial charge < -0.3 is 4.42 Å². The minimum atomic E-state index is -0.360. The van der Waals surface area contributed by atoms with E-state index in [1.165, 1.54) is 0 Å². The van der Waals surface area contributed by atoms with Crippen LogP contribution >= 0.6 is 11.8 Å². The van der Waals surface area contributed by atoms with Crippen molar-refractivity contribution in [2.75, 3.05) is 0 Å². The number of nitrogens with zero attached hydrogens (tertiary/aromatic N) is 1. The standard InChI is InChI=1S/C22H13NO2S/c24-22-19-20(15-10-4-6-12-17(15)25-22)23-16-11-5-7-13-18(16)26-21(19)14-8-2-1-3-9-14/h1-13H. The lowest BCUT2D eigenvalue weighted by atomic mass is 10.1. The second-order valence-corrected chi connectivity index (χ2v) is 7.04. The lowest BCUT2D eigenvalue weighted by Gasteiger charge is -2.07. The van der Waals surface area contributed by atoms with Gasteiger partial charge in [0.1, 0.15) is 10.8 Å². The molecule has 1 aromatic heterocycles. The first-order chi connectivity index (χ1) is 12.8. The summed E-state index contributed by atoms with van der Waals surface area (Å²) in [6.07, 6.45) is 0. The van der Waals surface area contributed by atoms with Gasteiger partial charge in [0.2, 0.25) is 0 Å². The maximum absolute atomic E-state index is 12.9. The molecule has 4 heteroatoms. The summed E-state index contributed by atoms with van der Waals surface area (Å²) in [5, 5.41) is 2.04. The highest BCUT2D eigenvalue weighted by atomic mass is 32.2. The van der Waals surface area contributed by atoms with Gasteiger partial charge in [0.05, 0.1) is 11.0 Å². The van der Waals surface area contributed by atoms with Crippen molar-refractivity contribution in [1.82, 2.24) is 0 Å². The predicted molar refractivity (Wildman–Crippen MR) is 104 cm³/mol. The molecule has 0 saturated heterocycles. The van der Waals surface area contributed by atoms with Gasteiger partial charge in [-0.1, -0.05) is 66.4 Å². The smallest absolute Gasteiger partial charge is 0.346 e. The van der Waals surface area contributed by atoms with Gasteiger partial charge in [-0.25, -0.2) is 9.79 Å². The van der Waals surface area contributed by atoms with Gasteiger partial charge in [0.15, 0.2) is 0 Å². The Hall–Kier alpha value is -3.11. The van der Waals surface area contributed by atoms with Crippen LogP contribution in [0.5, 0.6) is 0 Å². The Morgan fingerprint density at radius 1 is 0.808 bits per heavy atom. The first-order valence-electron chi connectivity index (χ1n) is 8.28. The van der Waals surface area contributed by atoms with E-state index in [4.69, 9.17) is 9.41 Å². The highest BCUT2D eigenvalue weighted by molar-refractivity contribution is 8.08. The van der Waals surface area contributed by atoms with Gasteiger partial charge in [0.25, 0.3) is 0 Å². The van der Waals surface area contributed by atoms with Crippen molar-refractivity contribution in [1.29, 1.82) is 0 Å². The molecule has 4 aromatic rings. The monoisotopic (exact) mass is 355 g/mol. The van der Waals surface area contributed by atoms with E-state index in [-0.39, 0.29) is 5.63 Å². The quantitative estimate of drug-likeness (QED) is 0.485. The van der Waals surface area contributed by atoms with Gasteiger partial charge in [-0.2, -0.15) is 0 Å². The molecule has 1 aliphatic rings. The third-order valence-corrected chi connectivity index (χ3v) is 5.57. The molecular formula is C22H13NO2S. The molecule has 0 fully saturated rings. The van der Waals surface area contributed by atoms with E-state index in [2.05, 4.69) is 0 Å². The minimum Gasteiger partial charge on any atom is -0.422 e. The van der Waals surface area contributed by atoms with Crippen LogP contribution in [0.4, 0.5) is 5.69 Å². The molecule has 124 valence electrons. The van der Waals surface area contributed by atoms with Crippen molar-refractivity contribution in [2.45, 2.75) is 4.90 Å². The van der Waals surface area contributed by atoms with Crippen LogP contribution in [0, 0.1) is 0 Å². The van der Waals surface area contributed by atoms with E-state index in [0.717, 1.165) is 26.4 Å². The van der Waals surface area contributed by atoms with Gasteiger partial charge in [0, 0.05) is 15.2 Å². The van der Waals surface area contributed by atoms with Crippen LogP contribution in [0.1, 0.15) is 5.56 Å². The third kappa shape index (κ3) is 2.38. The molecule has 0 radical (unpaired) electrons. The SMILES string of the molecule is O=c1oc2ccccc2c2c1=C(c1ccccc1)Sc1ccccc1N=2. The molecule has 3 aromatic carbocycles. The summed E-state index contributed by atoms with van der Waals surface area (Å²) >= 11 is 1.56. The molecule has 0 spiro atoms. The Balaban J connectivity index is 2.05. The van der Waals surface area contributed by atoms with Gasteiger partial charge in [-0.15, -0.1) is 0 Å². The van der Waals surface area contributed by atoms with Gasteiger partial charge in [-0.05, 0) is 29.8 Å². The number of benzene rings is 3.